The summed E-state index contributed by atoms with van der Waals surface area (Å²) in [7, 11) is -3.74. The normalized spacial score (nSPS) is 17.7. The van der Waals surface area contributed by atoms with Crippen molar-refractivity contribution in [1.29, 1.82) is 0 Å². The highest BCUT2D eigenvalue weighted by Gasteiger charge is 2.37. The molecule has 0 aliphatic carbocycles. The molecule has 2 aromatic rings. The topological polar surface area (TPSA) is 102 Å². The third-order valence-corrected chi connectivity index (χ3v) is 7.41. The molecule has 1 aliphatic rings. The number of nitro groups is 1. The summed E-state index contributed by atoms with van der Waals surface area (Å²) >= 11 is 0. The maximum Gasteiger partial charge on any atom is 0.277 e. The highest BCUT2D eigenvalue weighted by atomic mass is 32.2. The van der Waals surface area contributed by atoms with Crippen LogP contribution in [-0.4, -0.2) is 64.3 Å². The molecule has 0 saturated heterocycles. The number of benzene rings is 1. The number of hydrogen-bond acceptors (Lipinski definition) is 6. The van der Waals surface area contributed by atoms with Gasteiger partial charge in [-0.2, -0.15) is 4.31 Å². The molecule has 0 radical (unpaired) electrons. The number of fused-ring (bicyclic) bond motifs is 3. The second-order valence-electron chi connectivity index (χ2n) is 7.11. The van der Waals surface area contributed by atoms with Crippen molar-refractivity contribution in [2.24, 2.45) is 0 Å². The van der Waals surface area contributed by atoms with Crippen LogP contribution in [0.2, 0.25) is 0 Å². The summed E-state index contributed by atoms with van der Waals surface area (Å²) in [6, 6.07) is 4.16. The van der Waals surface area contributed by atoms with E-state index in [-0.39, 0.29) is 16.9 Å². The zero-order valence-electron chi connectivity index (χ0n) is 16.5. The summed E-state index contributed by atoms with van der Waals surface area (Å²) in [5, 5.41) is 11.0. The first-order valence-corrected chi connectivity index (χ1v) is 11.1. The minimum absolute atomic E-state index is 0.0233. The molecule has 10 heteroatoms. The molecule has 1 aromatic carbocycles. The third-order valence-electron chi connectivity index (χ3n) is 5.47. The Morgan fingerprint density at radius 2 is 2.00 bits per heavy atom. The molecule has 0 bridgehead atoms. The Hall–Kier alpha value is -2.04. The van der Waals surface area contributed by atoms with Crippen molar-refractivity contribution in [3.8, 4) is 0 Å². The van der Waals surface area contributed by atoms with Gasteiger partial charge in [0.05, 0.1) is 16.0 Å². The molecule has 1 aromatic heterocycles. The Labute approximate surface area is 165 Å². The van der Waals surface area contributed by atoms with Crippen LogP contribution in [0.3, 0.4) is 0 Å². The molecular weight excluding hydrogens is 382 g/mol. The first-order valence-electron chi connectivity index (χ1n) is 9.68. The van der Waals surface area contributed by atoms with Crippen molar-refractivity contribution in [2.45, 2.75) is 51.4 Å². The summed E-state index contributed by atoms with van der Waals surface area (Å²) in [6.45, 7) is 9.98. The molecule has 0 amide bonds. The van der Waals surface area contributed by atoms with Crippen molar-refractivity contribution >= 4 is 26.7 Å². The molecule has 9 nitrogen and oxygen atoms in total. The number of imidazole rings is 1. The van der Waals surface area contributed by atoms with Crippen LogP contribution in [0, 0.1) is 10.1 Å². The van der Waals surface area contributed by atoms with Gasteiger partial charge in [0.1, 0.15) is 0 Å². The van der Waals surface area contributed by atoms with E-state index in [4.69, 9.17) is 0 Å². The fourth-order valence-corrected chi connectivity index (χ4v) is 5.59. The SMILES string of the molecule is CCN(CC)CCCC(C)N1CCn2c(nc3cc([N+](=O)[O-])ccc32)S1(=O)=O. The van der Waals surface area contributed by atoms with Gasteiger partial charge < -0.3 is 9.47 Å². The minimum Gasteiger partial charge on any atom is -0.312 e. The fourth-order valence-electron chi connectivity index (χ4n) is 3.80. The quantitative estimate of drug-likeness (QED) is 0.490. The van der Waals surface area contributed by atoms with E-state index >= 15 is 0 Å². The van der Waals surface area contributed by atoms with Gasteiger partial charge in [-0.05, 0) is 45.5 Å². The minimum atomic E-state index is -3.74. The Morgan fingerprint density at radius 1 is 1.29 bits per heavy atom. The van der Waals surface area contributed by atoms with Gasteiger partial charge >= 0.3 is 0 Å². The van der Waals surface area contributed by atoms with E-state index in [1.165, 1.54) is 16.4 Å². The summed E-state index contributed by atoms with van der Waals surface area (Å²) in [5.74, 6) is 0. The highest BCUT2D eigenvalue weighted by Crippen LogP contribution is 2.30. The van der Waals surface area contributed by atoms with E-state index in [1.807, 2.05) is 6.92 Å². The number of nitrogens with zero attached hydrogens (tertiary/aromatic N) is 5. The van der Waals surface area contributed by atoms with Crippen LogP contribution in [0.25, 0.3) is 11.0 Å². The van der Waals surface area contributed by atoms with E-state index in [9.17, 15) is 18.5 Å². The Morgan fingerprint density at radius 3 is 2.64 bits per heavy atom. The smallest absolute Gasteiger partial charge is 0.277 e. The predicted octanol–water partition coefficient (Wildman–Crippen LogP) is 2.46. The zero-order valence-corrected chi connectivity index (χ0v) is 17.4. The van der Waals surface area contributed by atoms with Gasteiger partial charge in [0.15, 0.2) is 0 Å². The summed E-state index contributed by atoms with van der Waals surface area (Å²) in [4.78, 5) is 17.0. The van der Waals surface area contributed by atoms with Crippen molar-refractivity contribution in [1.82, 2.24) is 18.8 Å². The second-order valence-corrected chi connectivity index (χ2v) is 8.89. The van der Waals surface area contributed by atoms with Crippen LogP contribution < -0.4 is 0 Å². The van der Waals surface area contributed by atoms with E-state index in [1.54, 1.807) is 10.6 Å². The van der Waals surface area contributed by atoms with E-state index in [2.05, 4.69) is 23.7 Å². The van der Waals surface area contributed by atoms with Crippen molar-refractivity contribution < 1.29 is 13.3 Å². The molecule has 1 atom stereocenters. The van der Waals surface area contributed by atoms with Gasteiger partial charge in [0, 0.05) is 31.3 Å². The molecule has 28 heavy (non-hydrogen) atoms. The Balaban J connectivity index is 1.82. The van der Waals surface area contributed by atoms with E-state index in [0.29, 0.717) is 24.1 Å². The standard InChI is InChI=1S/C18H27N5O4S/c1-4-20(5-2)10-6-7-14(3)22-12-11-21-17-9-8-15(23(24)25)13-16(17)19-18(21)28(22,26)27/h8-9,13-14H,4-7,10-12H2,1-3H3. The predicted molar refractivity (Wildman–Crippen MR) is 107 cm³/mol. The molecule has 0 fully saturated rings. The Kier molecular flexibility index (Phi) is 6.01. The highest BCUT2D eigenvalue weighted by molar-refractivity contribution is 7.89. The second kappa shape index (κ2) is 8.14. The molecule has 0 N–H and O–H groups in total. The largest absolute Gasteiger partial charge is 0.312 e. The summed E-state index contributed by atoms with van der Waals surface area (Å²) < 4.78 is 29.4. The lowest BCUT2D eigenvalue weighted by atomic mass is 10.1. The fraction of sp³-hybridized carbons (Fsp3) is 0.611. The molecule has 0 saturated carbocycles. The molecule has 0 spiro atoms. The van der Waals surface area contributed by atoms with Gasteiger partial charge in [-0.15, -0.1) is 0 Å². The van der Waals surface area contributed by atoms with Crippen molar-refractivity contribution in [2.75, 3.05) is 26.2 Å². The van der Waals surface area contributed by atoms with Gasteiger partial charge in [-0.1, -0.05) is 13.8 Å². The summed E-state index contributed by atoms with van der Waals surface area (Å²) in [5.41, 5.74) is 0.851. The van der Waals surface area contributed by atoms with Crippen LogP contribution in [0.4, 0.5) is 5.69 Å². The number of sulfonamides is 1. The first kappa shape index (κ1) is 20.7. The molecule has 154 valence electrons. The van der Waals surface area contributed by atoms with Gasteiger partial charge in [0.25, 0.3) is 15.7 Å². The van der Waals surface area contributed by atoms with E-state index < -0.39 is 14.9 Å². The lowest BCUT2D eigenvalue weighted by Gasteiger charge is -2.32. The lowest BCUT2D eigenvalue weighted by molar-refractivity contribution is -0.384. The van der Waals surface area contributed by atoms with Crippen LogP contribution in [0.5, 0.6) is 0 Å². The zero-order chi connectivity index (χ0) is 20.5. The average molecular weight is 410 g/mol. The van der Waals surface area contributed by atoms with E-state index in [0.717, 1.165) is 32.5 Å². The van der Waals surface area contributed by atoms with Gasteiger partial charge in [-0.3, -0.25) is 10.1 Å². The first-order chi connectivity index (χ1) is 13.3. The molecule has 3 rings (SSSR count). The monoisotopic (exact) mass is 409 g/mol. The van der Waals surface area contributed by atoms with Crippen LogP contribution in [-0.2, 0) is 16.6 Å². The van der Waals surface area contributed by atoms with Crippen LogP contribution in [0.1, 0.15) is 33.6 Å². The third kappa shape index (κ3) is 3.76. The maximum atomic E-state index is 13.1. The molecule has 1 aliphatic heterocycles. The van der Waals surface area contributed by atoms with Crippen molar-refractivity contribution in [3.05, 3.63) is 28.3 Å². The summed E-state index contributed by atoms with van der Waals surface area (Å²) in [6.07, 6.45) is 1.71. The van der Waals surface area contributed by atoms with Crippen molar-refractivity contribution in [3.63, 3.8) is 0 Å². The lowest BCUT2D eigenvalue weighted by Crippen LogP contribution is -2.45. The van der Waals surface area contributed by atoms with Gasteiger partial charge in [-0.25, -0.2) is 13.4 Å². The Bertz CT molecular complexity index is 968. The number of non-ortho nitro benzene ring substituents is 1. The number of nitro benzene ring substituents is 1. The van der Waals surface area contributed by atoms with Gasteiger partial charge in [0.2, 0.25) is 5.16 Å². The maximum absolute atomic E-state index is 13.1. The average Bonchev–Trinajstić information content (AvgIpc) is 3.04. The molecule has 1 unspecified atom stereocenters. The molecule has 2 heterocycles. The number of aromatic nitrogens is 2. The van der Waals surface area contributed by atoms with Crippen LogP contribution >= 0.6 is 0 Å². The molecular formula is C18H27N5O4S. The number of hydrogen-bond donors (Lipinski definition) is 0. The van der Waals surface area contributed by atoms with Crippen LogP contribution in [0.15, 0.2) is 23.4 Å². The number of rotatable bonds is 8.